The summed E-state index contributed by atoms with van der Waals surface area (Å²) in [6.07, 6.45) is 2.59. The molecule has 172 valence electrons. The number of aryl methyl sites for hydroxylation is 1. The molecule has 2 aliphatic heterocycles. The molecule has 1 fully saturated rings. The third kappa shape index (κ3) is 5.37. The summed E-state index contributed by atoms with van der Waals surface area (Å²) in [4.78, 5) is 1.16. The van der Waals surface area contributed by atoms with E-state index in [0.29, 0.717) is 26.1 Å². The number of ether oxygens (including phenoxy) is 3. The van der Waals surface area contributed by atoms with Crippen LogP contribution in [0.2, 0.25) is 0 Å². The molecular formula is C28H30O4S. The van der Waals surface area contributed by atoms with Crippen LogP contribution in [0.1, 0.15) is 48.1 Å². The van der Waals surface area contributed by atoms with E-state index in [0.717, 1.165) is 34.8 Å². The van der Waals surface area contributed by atoms with E-state index >= 15 is 0 Å². The van der Waals surface area contributed by atoms with Gasteiger partial charge in [0.25, 0.3) is 0 Å². The second kappa shape index (κ2) is 10.2. The van der Waals surface area contributed by atoms with Crippen LogP contribution in [0.5, 0.6) is 11.5 Å². The summed E-state index contributed by atoms with van der Waals surface area (Å²) in [6.45, 7) is 3.39. The van der Waals surface area contributed by atoms with Gasteiger partial charge in [0.1, 0.15) is 18.6 Å². The zero-order chi connectivity index (χ0) is 22.6. The molecule has 3 aromatic carbocycles. The summed E-state index contributed by atoms with van der Waals surface area (Å²) >= 11 is 1.69. The van der Waals surface area contributed by atoms with E-state index in [4.69, 9.17) is 14.2 Å². The summed E-state index contributed by atoms with van der Waals surface area (Å²) in [5.41, 5.74) is 4.90. The van der Waals surface area contributed by atoms with Gasteiger partial charge in [-0.15, -0.1) is 0 Å². The topological polar surface area (TPSA) is 47.9 Å². The molecule has 3 unspecified atom stereocenters. The van der Waals surface area contributed by atoms with Crippen molar-refractivity contribution in [2.45, 2.75) is 55.1 Å². The second-order valence-electron chi connectivity index (χ2n) is 8.65. The Labute approximate surface area is 199 Å². The normalized spacial score (nSPS) is 22.2. The lowest BCUT2D eigenvalue weighted by molar-refractivity contribution is -0.0606. The minimum Gasteiger partial charge on any atom is -0.486 e. The van der Waals surface area contributed by atoms with Crippen LogP contribution in [0.15, 0.2) is 71.6 Å². The van der Waals surface area contributed by atoms with Gasteiger partial charge >= 0.3 is 0 Å². The fraction of sp³-hybridized carbons (Fsp3) is 0.357. The predicted octanol–water partition coefficient (Wildman–Crippen LogP) is 5.94. The van der Waals surface area contributed by atoms with Crippen molar-refractivity contribution in [1.29, 1.82) is 0 Å². The molecule has 0 spiro atoms. The van der Waals surface area contributed by atoms with Gasteiger partial charge in [0, 0.05) is 17.7 Å². The van der Waals surface area contributed by atoms with Gasteiger partial charge in [-0.2, -0.15) is 0 Å². The number of aliphatic hydroxyl groups is 1. The maximum atomic E-state index is 10.6. The number of fused-ring (bicyclic) bond motifs is 1. The van der Waals surface area contributed by atoms with Gasteiger partial charge in [0.2, 0.25) is 0 Å². The number of hydrogen-bond donors (Lipinski definition) is 1. The van der Waals surface area contributed by atoms with Gasteiger partial charge in [-0.1, -0.05) is 61.2 Å². The van der Waals surface area contributed by atoms with Crippen molar-refractivity contribution in [3.63, 3.8) is 0 Å². The average Bonchev–Trinajstić information content (AvgIpc) is 2.84. The largest absolute Gasteiger partial charge is 0.486 e. The van der Waals surface area contributed by atoms with Crippen molar-refractivity contribution < 1.29 is 19.3 Å². The van der Waals surface area contributed by atoms with E-state index in [1.165, 1.54) is 16.7 Å². The SMILES string of the molecule is CCc1ccc(C2CC(O)CC(Sc3ccccc3)O2)cc1Cc1ccc2c(c1)OCCO2. The monoisotopic (exact) mass is 462 g/mol. The molecule has 3 atom stereocenters. The summed E-state index contributed by atoms with van der Waals surface area (Å²) < 4.78 is 17.9. The third-order valence-electron chi connectivity index (χ3n) is 6.26. The molecule has 2 heterocycles. The van der Waals surface area contributed by atoms with Gasteiger partial charge in [0.15, 0.2) is 11.5 Å². The quantitative estimate of drug-likeness (QED) is 0.491. The summed E-state index contributed by atoms with van der Waals surface area (Å²) in [5.74, 6) is 1.65. The van der Waals surface area contributed by atoms with Gasteiger partial charge in [-0.25, -0.2) is 0 Å². The fourth-order valence-corrected chi connectivity index (χ4v) is 5.70. The Morgan fingerprint density at radius 2 is 1.70 bits per heavy atom. The Kier molecular flexibility index (Phi) is 6.91. The molecule has 1 N–H and O–H groups in total. The maximum Gasteiger partial charge on any atom is 0.161 e. The molecule has 33 heavy (non-hydrogen) atoms. The lowest BCUT2D eigenvalue weighted by Gasteiger charge is -2.33. The Morgan fingerprint density at radius 1 is 0.879 bits per heavy atom. The molecule has 0 radical (unpaired) electrons. The maximum absolute atomic E-state index is 10.6. The summed E-state index contributed by atoms with van der Waals surface area (Å²) in [5, 5.41) is 10.6. The van der Waals surface area contributed by atoms with E-state index in [-0.39, 0.29) is 17.6 Å². The van der Waals surface area contributed by atoms with Crippen molar-refractivity contribution >= 4 is 11.8 Å². The number of aliphatic hydroxyl groups excluding tert-OH is 1. The van der Waals surface area contributed by atoms with Crippen LogP contribution < -0.4 is 9.47 Å². The number of rotatable bonds is 6. The molecule has 3 aromatic rings. The van der Waals surface area contributed by atoms with E-state index in [2.05, 4.69) is 49.4 Å². The number of hydrogen-bond acceptors (Lipinski definition) is 5. The standard InChI is InChI=1S/C28H30O4S/c1-2-20-9-10-21(16-22(20)14-19-8-11-25-27(15-19)31-13-12-30-25)26-17-23(29)18-28(32-26)33-24-6-4-3-5-7-24/h3-11,15-16,23,26,28-29H,2,12-14,17-18H2,1H3. The molecule has 0 aromatic heterocycles. The highest BCUT2D eigenvalue weighted by Gasteiger charge is 2.30. The van der Waals surface area contributed by atoms with Crippen LogP contribution in [0.4, 0.5) is 0 Å². The average molecular weight is 463 g/mol. The molecular weight excluding hydrogens is 432 g/mol. The highest BCUT2D eigenvalue weighted by molar-refractivity contribution is 7.99. The molecule has 0 amide bonds. The Morgan fingerprint density at radius 3 is 2.52 bits per heavy atom. The minimum atomic E-state index is -0.364. The van der Waals surface area contributed by atoms with Gasteiger partial charge in [-0.3, -0.25) is 0 Å². The highest BCUT2D eigenvalue weighted by atomic mass is 32.2. The van der Waals surface area contributed by atoms with Crippen LogP contribution in [0, 0.1) is 0 Å². The first-order valence-electron chi connectivity index (χ1n) is 11.7. The van der Waals surface area contributed by atoms with E-state index in [1.54, 1.807) is 11.8 Å². The van der Waals surface area contributed by atoms with E-state index < -0.39 is 0 Å². The Balaban J connectivity index is 1.36. The van der Waals surface area contributed by atoms with Crippen molar-refractivity contribution in [3.05, 3.63) is 89.0 Å². The number of thioether (sulfide) groups is 1. The third-order valence-corrected chi connectivity index (χ3v) is 7.37. The van der Waals surface area contributed by atoms with E-state index in [1.807, 2.05) is 24.3 Å². The van der Waals surface area contributed by atoms with Crippen molar-refractivity contribution in [1.82, 2.24) is 0 Å². The first kappa shape index (κ1) is 22.3. The van der Waals surface area contributed by atoms with Crippen molar-refractivity contribution in [3.8, 4) is 11.5 Å². The fourth-order valence-electron chi connectivity index (χ4n) is 4.57. The van der Waals surface area contributed by atoms with Gasteiger partial charge in [0.05, 0.1) is 12.2 Å². The predicted molar refractivity (Wildman–Crippen MR) is 131 cm³/mol. The zero-order valence-electron chi connectivity index (χ0n) is 18.9. The molecule has 0 aliphatic carbocycles. The molecule has 4 nitrogen and oxygen atoms in total. The zero-order valence-corrected chi connectivity index (χ0v) is 19.7. The van der Waals surface area contributed by atoms with Crippen LogP contribution in [-0.4, -0.2) is 29.9 Å². The summed E-state index contributed by atoms with van der Waals surface area (Å²) in [7, 11) is 0. The van der Waals surface area contributed by atoms with Gasteiger partial charge < -0.3 is 19.3 Å². The molecule has 1 saturated heterocycles. The second-order valence-corrected chi connectivity index (χ2v) is 9.88. The van der Waals surface area contributed by atoms with Crippen LogP contribution in [-0.2, 0) is 17.6 Å². The molecule has 0 bridgehead atoms. The molecule has 0 saturated carbocycles. The van der Waals surface area contributed by atoms with Crippen LogP contribution in [0.25, 0.3) is 0 Å². The molecule has 5 heteroatoms. The van der Waals surface area contributed by atoms with E-state index in [9.17, 15) is 5.11 Å². The van der Waals surface area contributed by atoms with Gasteiger partial charge in [-0.05, 0) is 59.4 Å². The molecule has 5 rings (SSSR count). The smallest absolute Gasteiger partial charge is 0.161 e. The first-order chi connectivity index (χ1) is 16.2. The van der Waals surface area contributed by atoms with Crippen LogP contribution >= 0.6 is 11.8 Å². The lowest BCUT2D eigenvalue weighted by Crippen LogP contribution is -2.29. The lowest BCUT2D eigenvalue weighted by atomic mass is 9.92. The highest BCUT2D eigenvalue weighted by Crippen LogP contribution is 2.39. The minimum absolute atomic E-state index is 0.0618. The van der Waals surface area contributed by atoms with Crippen molar-refractivity contribution in [2.75, 3.05) is 13.2 Å². The number of benzene rings is 3. The van der Waals surface area contributed by atoms with Crippen molar-refractivity contribution in [2.24, 2.45) is 0 Å². The first-order valence-corrected chi connectivity index (χ1v) is 12.6. The Bertz CT molecular complexity index is 1080. The van der Waals surface area contributed by atoms with Crippen LogP contribution in [0.3, 0.4) is 0 Å². The Hall–Kier alpha value is -2.47. The molecule has 2 aliphatic rings. The summed E-state index contributed by atoms with van der Waals surface area (Å²) in [6, 6.07) is 23.1.